The van der Waals surface area contributed by atoms with Crippen molar-refractivity contribution >= 4 is 26.0 Å². The lowest BCUT2D eigenvalue weighted by Crippen LogP contribution is -2.46. The molecule has 1 aromatic rings. The van der Waals surface area contributed by atoms with Crippen LogP contribution in [0.4, 0.5) is 0 Å². The van der Waals surface area contributed by atoms with Crippen molar-refractivity contribution in [3.05, 3.63) is 28.7 Å². The Bertz CT molecular complexity index is 587. The first-order valence-electron chi connectivity index (χ1n) is 5.58. The maximum Gasteiger partial charge on any atom is 0.241 e. The molecule has 0 aromatic heterocycles. The van der Waals surface area contributed by atoms with Crippen LogP contribution >= 0.6 is 15.9 Å². The molecule has 2 rings (SSSR count). The van der Waals surface area contributed by atoms with Crippen molar-refractivity contribution in [3.63, 3.8) is 0 Å². The van der Waals surface area contributed by atoms with Gasteiger partial charge in [0.1, 0.15) is 5.54 Å². The Kier molecular flexibility index (Phi) is 3.49. The van der Waals surface area contributed by atoms with Crippen molar-refractivity contribution in [2.24, 2.45) is 5.92 Å². The summed E-state index contributed by atoms with van der Waals surface area (Å²) in [5.41, 5.74) is -1.01. The maximum absolute atomic E-state index is 12.2. The molecule has 0 heterocycles. The highest BCUT2D eigenvalue weighted by molar-refractivity contribution is 9.10. The van der Waals surface area contributed by atoms with E-state index in [9.17, 15) is 8.42 Å². The van der Waals surface area contributed by atoms with E-state index < -0.39 is 15.6 Å². The summed E-state index contributed by atoms with van der Waals surface area (Å²) in [5, 5.41) is 9.17. The summed E-state index contributed by atoms with van der Waals surface area (Å²) in [6.45, 7) is 1.64. The third-order valence-corrected chi connectivity index (χ3v) is 5.21. The molecule has 1 aromatic carbocycles. The fourth-order valence-corrected chi connectivity index (χ4v) is 3.46. The second-order valence-electron chi connectivity index (χ2n) is 4.65. The van der Waals surface area contributed by atoms with Gasteiger partial charge in [-0.1, -0.05) is 15.9 Å². The van der Waals surface area contributed by atoms with E-state index >= 15 is 0 Å². The van der Waals surface area contributed by atoms with E-state index in [4.69, 9.17) is 5.26 Å². The number of nitriles is 1. The van der Waals surface area contributed by atoms with Gasteiger partial charge in [0.15, 0.2) is 0 Å². The summed E-state index contributed by atoms with van der Waals surface area (Å²) >= 11 is 3.25. The lowest BCUT2D eigenvalue weighted by molar-refractivity contribution is 0.458. The lowest BCUT2D eigenvalue weighted by atomic mass is 10.0. The highest BCUT2D eigenvalue weighted by Gasteiger charge is 2.44. The van der Waals surface area contributed by atoms with E-state index in [-0.39, 0.29) is 10.8 Å². The minimum Gasteiger partial charge on any atom is -0.207 e. The van der Waals surface area contributed by atoms with Gasteiger partial charge in [-0.2, -0.15) is 9.98 Å². The second-order valence-corrected chi connectivity index (χ2v) is 7.25. The predicted molar refractivity (Wildman–Crippen MR) is 71.2 cm³/mol. The van der Waals surface area contributed by atoms with Crippen molar-refractivity contribution < 1.29 is 8.42 Å². The van der Waals surface area contributed by atoms with Gasteiger partial charge in [-0.25, -0.2) is 8.42 Å². The number of nitrogens with one attached hydrogen (secondary N) is 1. The Labute approximate surface area is 115 Å². The first-order chi connectivity index (χ1) is 8.37. The predicted octanol–water partition coefficient (Wildman–Crippen LogP) is 2.42. The molecule has 0 aliphatic heterocycles. The number of sulfonamides is 1. The van der Waals surface area contributed by atoms with E-state index in [1.807, 2.05) is 0 Å². The summed E-state index contributed by atoms with van der Waals surface area (Å²) < 4.78 is 27.7. The van der Waals surface area contributed by atoms with E-state index in [1.54, 1.807) is 19.1 Å². The van der Waals surface area contributed by atoms with Crippen molar-refractivity contribution in [2.75, 3.05) is 0 Å². The van der Waals surface area contributed by atoms with Gasteiger partial charge in [-0.05, 0) is 49.9 Å². The zero-order chi connectivity index (χ0) is 13.4. The molecular weight excluding hydrogens is 316 g/mol. The van der Waals surface area contributed by atoms with Crippen LogP contribution in [0.2, 0.25) is 0 Å². The molecule has 18 heavy (non-hydrogen) atoms. The summed E-state index contributed by atoms with van der Waals surface area (Å²) in [7, 11) is -3.65. The first-order valence-corrected chi connectivity index (χ1v) is 7.86. The van der Waals surface area contributed by atoms with Crippen LogP contribution in [-0.2, 0) is 10.0 Å². The molecule has 0 unspecified atom stereocenters. The molecule has 1 saturated carbocycles. The number of nitrogens with zero attached hydrogens (tertiary/aromatic N) is 1. The van der Waals surface area contributed by atoms with Crippen LogP contribution < -0.4 is 4.72 Å². The Morgan fingerprint density at radius 2 is 1.94 bits per heavy atom. The molecule has 1 aliphatic rings. The molecule has 0 bridgehead atoms. The summed E-state index contributed by atoms with van der Waals surface area (Å²) in [4.78, 5) is 0.174. The minimum atomic E-state index is -3.65. The Balaban J connectivity index is 2.27. The topological polar surface area (TPSA) is 70.0 Å². The number of hydrogen-bond acceptors (Lipinski definition) is 3. The number of benzene rings is 1. The Hall–Kier alpha value is -0.900. The second kappa shape index (κ2) is 4.65. The molecular formula is C12H13BrN2O2S. The molecule has 1 N–H and O–H groups in total. The highest BCUT2D eigenvalue weighted by Crippen LogP contribution is 2.39. The molecule has 0 saturated heterocycles. The first kappa shape index (κ1) is 13.5. The number of hydrogen-bond donors (Lipinski definition) is 1. The van der Waals surface area contributed by atoms with Crippen LogP contribution in [0, 0.1) is 17.2 Å². The van der Waals surface area contributed by atoms with Crippen molar-refractivity contribution in [1.29, 1.82) is 5.26 Å². The molecule has 1 atom stereocenters. The fraction of sp³-hybridized carbons (Fsp3) is 0.417. The largest absolute Gasteiger partial charge is 0.241 e. The van der Waals surface area contributed by atoms with Crippen molar-refractivity contribution in [2.45, 2.75) is 30.2 Å². The van der Waals surface area contributed by atoms with E-state index in [0.29, 0.717) is 0 Å². The third-order valence-electron chi connectivity index (χ3n) is 3.10. The molecule has 6 heteroatoms. The van der Waals surface area contributed by atoms with Gasteiger partial charge < -0.3 is 0 Å². The zero-order valence-corrected chi connectivity index (χ0v) is 12.3. The lowest BCUT2D eigenvalue weighted by Gasteiger charge is -2.22. The minimum absolute atomic E-state index is 0.118. The van der Waals surface area contributed by atoms with E-state index in [0.717, 1.165) is 17.3 Å². The molecule has 0 radical (unpaired) electrons. The summed E-state index contributed by atoms with van der Waals surface area (Å²) in [6.07, 6.45) is 1.79. The van der Waals surface area contributed by atoms with E-state index in [2.05, 4.69) is 26.7 Å². The van der Waals surface area contributed by atoms with Crippen LogP contribution in [0.3, 0.4) is 0 Å². The number of halogens is 1. The van der Waals surface area contributed by atoms with Crippen molar-refractivity contribution in [3.8, 4) is 6.07 Å². The maximum atomic E-state index is 12.2. The van der Waals surface area contributed by atoms with Crippen molar-refractivity contribution in [1.82, 2.24) is 4.72 Å². The zero-order valence-electron chi connectivity index (χ0n) is 9.85. The SMILES string of the molecule is C[C@@](C#N)(NS(=O)(=O)c1ccc(Br)cc1)C1CC1. The monoisotopic (exact) mass is 328 g/mol. The number of rotatable bonds is 4. The van der Waals surface area contributed by atoms with Gasteiger partial charge in [0, 0.05) is 4.47 Å². The Morgan fingerprint density at radius 3 is 2.39 bits per heavy atom. The summed E-state index contributed by atoms with van der Waals surface area (Å²) in [6, 6.07) is 8.42. The van der Waals surface area contributed by atoms with Gasteiger partial charge >= 0.3 is 0 Å². The van der Waals surface area contributed by atoms with Crippen LogP contribution in [-0.4, -0.2) is 14.0 Å². The van der Waals surface area contributed by atoms with Gasteiger partial charge in [-0.3, -0.25) is 0 Å². The van der Waals surface area contributed by atoms with Crippen LogP contribution in [0.5, 0.6) is 0 Å². The average Bonchev–Trinajstić information content (AvgIpc) is 3.13. The third kappa shape index (κ3) is 2.74. The van der Waals surface area contributed by atoms with Gasteiger partial charge in [0.05, 0.1) is 11.0 Å². The average molecular weight is 329 g/mol. The normalized spacial score (nSPS) is 18.9. The van der Waals surface area contributed by atoms with Crippen LogP contribution in [0.25, 0.3) is 0 Å². The van der Waals surface area contributed by atoms with Crippen LogP contribution in [0.1, 0.15) is 19.8 Å². The van der Waals surface area contributed by atoms with Gasteiger partial charge in [-0.15, -0.1) is 0 Å². The Morgan fingerprint density at radius 1 is 1.39 bits per heavy atom. The quantitative estimate of drug-likeness (QED) is 0.922. The molecule has 0 spiro atoms. The van der Waals surface area contributed by atoms with E-state index in [1.165, 1.54) is 12.1 Å². The summed E-state index contributed by atoms with van der Waals surface area (Å²) in [5.74, 6) is 0.118. The molecule has 0 amide bonds. The molecule has 1 fully saturated rings. The van der Waals surface area contributed by atoms with Crippen LogP contribution in [0.15, 0.2) is 33.6 Å². The smallest absolute Gasteiger partial charge is 0.207 e. The molecule has 1 aliphatic carbocycles. The fourth-order valence-electron chi connectivity index (χ4n) is 1.81. The standard InChI is InChI=1S/C12H13BrN2O2S/c1-12(8-14,9-2-3-9)15-18(16,17)11-6-4-10(13)5-7-11/h4-7,9,15H,2-3H2,1H3/t12-/m0/s1. The molecule has 96 valence electrons. The molecule has 4 nitrogen and oxygen atoms in total. The van der Waals surface area contributed by atoms with Gasteiger partial charge in [0.2, 0.25) is 10.0 Å². The highest BCUT2D eigenvalue weighted by atomic mass is 79.9. The van der Waals surface area contributed by atoms with Gasteiger partial charge in [0.25, 0.3) is 0 Å².